The van der Waals surface area contributed by atoms with Crippen molar-refractivity contribution in [2.45, 2.75) is 83.7 Å². The second-order valence-corrected chi connectivity index (χ2v) is 6.78. The van der Waals surface area contributed by atoms with Crippen molar-refractivity contribution in [3.8, 4) is 5.75 Å². The lowest BCUT2D eigenvalue weighted by Gasteiger charge is -2.17. The molecule has 0 radical (unpaired) electrons. The van der Waals surface area contributed by atoms with Crippen molar-refractivity contribution < 1.29 is 19.3 Å². The first-order chi connectivity index (χ1) is 12.3. The fraction of sp³-hybridized carbons (Fsp3) is 0.667. The third-order valence-corrected chi connectivity index (χ3v) is 4.72. The maximum absolute atomic E-state index is 12.3. The molecule has 2 rings (SSSR count). The minimum Gasteiger partial charge on any atom is -0.493 e. The van der Waals surface area contributed by atoms with Crippen molar-refractivity contribution in [2.24, 2.45) is 0 Å². The molecule has 0 aliphatic heterocycles. The lowest BCUT2D eigenvalue weighted by molar-refractivity contribution is -0.277. The molecule has 0 aromatic heterocycles. The highest BCUT2D eigenvalue weighted by Crippen LogP contribution is 2.22. The molecule has 0 N–H and O–H groups in total. The first kappa shape index (κ1) is 19.8. The quantitative estimate of drug-likeness (QED) is 0.495. The number of carbonyl (C=O) groups excluding carboxylic acids is 1. The third-order valence-electron chi connectivity index (χ3n) is 4.72. The van der Waals surface area contributed by atoms with Crippen LogP contribution in [0.15, 0.2) is 24.3 Å². The molecule has 1 fully saturated rings. The summed E-state index contributed by atoms with van der Waals surface area (Å²) < 4.78 is 5.49. The second-order valence-electron chi connectivity index (χ2n) is 6.78. The van der Waals surface area contributed by atoms with Crippen molar-refractivity contribution in [2.75, 3.05) is 6.61 Å². The van der Waals surface area contributed by atoms with Crippen molar-refractivity contribution in [1.29, 1.82) is 0 Å². The topological polar surface area (TPSA) is 44.8 Å². The monoisotopic (exact) mass is 348 g/mol. The van der Waals surface area contributed by atoms with Gasteiger partial charge >= 0.3 is 5.97 Å². The van der Waals surface area contributed by atoms with Gasteiger partial charge in [-0.05, 0) is 31.9 Å². The Bertz CT molecular complexity index is 488. The Balaban J connectivity index is 1.85. The molecule has 0 heterocycles. The number of hydrogen-bond donors (Lipinski definition) is 0. The Kier molecular flexibility index (Phi) is 9.42. The van der Waals surface area contributed by atoms with Gasteiger partial charge in [0.25, 0.3) is 0 Å². The summed E-state index contributed by atoms with van der Waals surface area (Å²) in [7, 11) is 0. The van der Waals surface area contributed by atoms with E-state index in [0.29, 0.717) is 17.9 Å². The fourth-order valence-electron chi connectivity index (χ4n) is 3.30. The molecule has 1 aromatic carbocycles. The first-order valence-corrected chi connectivity index (χ1v) is 9.90. The van der Waals surface area contributed by atoms with Crippen LogP contribution in [0.1, 0.15) is 87.9 Å². The van der Waals surface area contributed by atoms with E-state index < -0.39 is 5.97 Å². The zero-order valence-corrected chi connectivity index (χ0v) is 15.5. The van der Waals surface area contributed by atoms with Crippen molar-refractivity contribution in [1.82, 2.24) is 0 Å². The van der Waals surface area contributed by atoms with Gasteiger partial charge in [-0.25, -0.2) is 4.79 Å². The molecule has 0 bridgehead atoms. The Morgan fingerprint density at radius 2 is 1.48 bits per heavy atom. The van der Waals surface area contributed by atoms with E-state index in [2.05, 4.69) is 0 Å². The number of rotatable bonds is 5. The summed E-state index contributed by atoms with van der Waals surface area (Å²) in [6.45, 7) is 2.40. The molecule has 0 saturated heterocycles. The molecule has 0 atom stereocenters. The van der Waals surface area contributed by atoms with E-state index >= 15 is 0 Å². The van der Waals surface area contributed by atoms with E-state index in [9.17, 15) is 4.79 Å². The summed E-state index contributed by atoms with van der Waals surface area (Å²) in [5.74, 6) is 0.0625. The van der Waals surface area contributed by atoms with Gasteiger partial charge in [-0.2, -0.15) is 4.89 Å². The molecule has 4 heteroatoms. The Labute approximate surface area is 151 Å². The summed E-state index contributed by atoms with van der Waals surface area (Å²) in [5, 5.41) is 0. The van der Waals surface area contributed by atoms with Crippen LogP contribution in [0.5, 0.6) is 5.75 Å². The molecule has 4 nitrogen and oxygen atoms in total. The van der Waals surface area contributed by atoms with Crippen molar-refractivity contribution >= 4 is 5.97 Å². The van der Waals surface area contributed by atoms with Crippen LogP contribution in [0.2, 0.25) is 0 Å². The lowest BCUT2D eigenvalue weighted by Crippen LogP contribution is -2.17. The van der Waals surface area contributed by atoms with Crippen LogP contribution in [0.4, 0.5) is 0 Å². The normalized spacial score (nSPS) is 18.0. The average Bonchev–Trinajstić information content (AvgIpc) is 2.62. The minimum absolute atomic E-state index is 0.00244. The molecular formula is C21H32O4. The number of ether oxygens (including phenoxy) is 1. The van der Waals surface area contributed by atoms with Gasteiger partial charge in [0.1, 0.15) is 17.4 Å². The Hall–Kier alpha value is -1.55. The molecule has 1 aliphatic rings. The van der Waals surface area contributed by atoms with E-state index in [0.717, 1.165) is 25.7 Å². The molecule has 0 amide bonds. The Morgan fingerprint density at radius 1 is 0.920 bits per heavy atom. The van der Waals surface area contributed by atoms with E-state index in [4.69, 9.17) is 14.5 Å². The summed E-state index contributed by atoms with van der Waals surface area (Å²) in [4.78, 5) is 23.0. The summed E-state index contributed by atoms with van der Waals surface area (Å²) >= 11 is 0. The SMILES string of the molecule is CCOc1ccccc1C(=O)OOC1CCCCCCCCCCC1. The average molecular weight is 348 g/mol. The van der Waals surface area contributed by atoms with Crippen molar-refractivity contribution in [3.05, 3.63) is 29.8 Å². The summed E-state index contributed by atoms with van der Waals surface area (Å²) in [6, 6.07) is 7.12. The van der Waals surface area contributed by atoms with Crippen LogP contribution in [0, 0.1) is 0 Å². The summed E-state index contributed by atoms with van der Waals surface area (Å²) in [5.41, 5.74) is 0.414. The van der Waals surface area contributed by atoms with Gasteiger partial charge in [0.2, 0.25) is 0 Å². The standard InChI is InChI=1S/C21H32O4/c1-2-23-20-17-13-12-16-19(20)21(22)25-24-18-14-10-8-6-4-3-5-7-9-11-15-18/h12-13,16-18H,2-11,14-15H2,1H3. The van der Waals surface area contributed by atoms with E-state index in [1.807, 2.05) is 13.0 Å². The molecular weight excluding hydrogens is 316 g/mol. The third kappa shape index (κ3) is 7.47. The fourth-order valence-corrected chi connectivity index (χ4v) is 3.30. The second kappa shape index (κ2) is 11.9. The van der Waals surface area contributed by atoms with Gasteiger partial charge in [0.05, 0.1) is 6.61 Å². The van der Waals surface area contributed by atoms with Crippen LogP contribution in [0.25, 0.3) is 0 Å². The highest BCUT2D eigenvalue weighted by molar-refractivity contribution is 5.92. The molecule has 1 aromatic rings. The van der Waals surface area contributed by atoms with E-state index in [1.54, 1.807) is 18.2 Å². The van der Waals surface area contributed by atoms with Crippen LogP contribution in [-0.4, -0.2) is 18.7 Å². The smallest absolute Gasteiger partial charge is 0.376 e. The predicted octanol–water partition coefficient (Wildman–Crippen LogP) is 5.85. The van der Waals surface area contributed by atoms with Crippen LogP contribution < -0.4 is 4.74 Å². The summed E-state index contributed by atoms with van der Waals surface area (Å²) in [6.07, 6.45) is 13.3. The van der Waals surface area contributed by atoms with Gasteiger partial charge < -0.3 is 4.74 Å². The Morgan fingerprint density at radius 3 is 2.08 bits per heavy atom. The minimum atomic E-state index is -0.477. The van der Waals surface area contributed by atoms with Crippen LogP contribution in [-0.2, 0) is 9.78 Å². The van der Waals surface area contributed by atoms with Crippen LogP contribution in [0.3, 0.4) is 0 Å². The maximum Gasteiger partial charge on any atom is 0.376 e. The lowest BCUT2D eigenvalue weighted by atomic mass is 9.99. The largest absolute Gasteiger partial charge is 0.493 e. The van der Waals surface area contributed by atoms with Gasteiger partial charge in [-0.15, -0.1) is 0 Å². The van der Waals surface area contributed by atoms with E-state index in [-0.39, 0.29) is 6.10 Å². The molecule has 0 unspecified atom stereocenters. The number of benzene rings is 1. The number of para-hydroxylation sites is 1. The molecule has 0 spiro atoms. The maximum atomic E-state index is 12.3. The molecule has 1 saturated carbocycles. The molecule has 140 valence electrons. The number of hydrogen-bond acceptors (Lipinski definition) is 4. The van der Waals surface area contributed by atoms with E-state index in [1.165, 1.54) is 44.9 Å². The van der Waals surface area contributed by atoms with Gasteiger partial charge in [-0.1, -0.05) is 69.9 Å². The predicted molar refractivity (Wildman–Crippen MR) is 98.7 cm³/mol. The highest BCUT2D eigenvalue weighted by atomic mass is 17.2. The van der Waals surface area contributed by atoms with Gasteiger partial charge in [0.15, 0.2) is 0 Å². The number of carbonyl (C=O) groups is 1. The van der Waals surface area contributed by atoms with Crippen molar-refractivity contribution in [3.63, 3.8) is 0 Å². The van der Waals surface area contributed by atoms with Gasteiger partial charge in [-0.3, -0.25) is 4.89 Å². The zero-order chi connectivity index (χ0) is 17.7. The van der Waals surface area contributed by atoms with Crippen LogP contribution >= 0.6 is 0 Å². The van der Waals surface area contributed by atoms with Gasteiger partial charge in [0, 0.05) is 0 Å². The first-order valence-electron chi connectivity index (χ1n) is 9.90. The highest BCUT2D eigenvalue weighted by Gasteiger charge is 2.18. The molecule has 25 heavy (non-hydrogen) atoms. The zero-order valence-electron chi connectivity index (χ0n) is 15.5. The molecule has 1 aliphatic carbocycles.